The molecule has 0 fully saturated rings. The molecule has 6 nitrogen and oxygen atoms in total. The second kappa shape index (κ2) is 7.81. The number of nitrogen functional groups attached to an aromatic ring is 1. The normalized spacial score (nSPS) is 12.8. The van der Waals surface area contributed by atoms with Gasteiger partial charge in [-0.15, -0.1) is 11.6 Å². The summed E-state index contributed by atoms with van der Waals surface area (Å²) in [5.74, 6) is 3.71. The van der Waals surface area contributed by atoms with E-state index in [1.807, 2.05) is 12.1 Å². The van der Waals surface area contributed by atoms with Gasteiger partial charge in [-0.2, -0.15) is 0 Å². The van der Waals surface area contributed by atoms with Gasteiger partial charge < -0.3 is 20.7 Å². The molecule has 0 amide bonds. The highest BCUT2D eigenvalue weighted by Crippen LogP contribution is 2.36. The van der Waals surface area contributed by atoms with E-state index < -0.39 is 0 Å². The molecule has 2 heterocycles. The minimum Gasteiger partial charge on any atom is -0.497 e. The van der Waals surface area contributed by atoms with Gasteiger partial charge in [-0.3, -0.25) is 0 Å². The van der Waals surface area contributed by atoms with Crippen molar-refractivity contribution in [3.63, 3.8) is 0 Å². The molecule has 0 radical (unpaired) electrons. The molecule has 0 saturated carbocycles. The van der Waals surface area contributed by atoms with Gasteiger partial charge in [0.05, 0.1) is 13.8 Å². The van der Waals surface area contributed by atoms with E-state index in [0.29, 0.717) is 23.5 Å². The lowest BCUT2D eigenvalue weighted by atomic mass is 10.2. The molecule has 1 aromatic heterocycles. The highest BCUT2D eigenvalue weighted by molar-refractivity contribution is 7.99. The summed E-state index contributed by atoms with van der Waals surface area (Å²) in [7, 11) is 1.67. The van der Waals surface area contributed by atoms with Crippen LogP contribution >= 0.6 is 23.4 Å². The third kappa shape index (κ3) is 3.79. The van der Waals surface area contributed by atoms with E-state index in [-0.39, 0.29) is 0 Å². The second-order valence-electron chi connectivity index (χ2n) is 5.36. The molecule has 0 atom stereocenters. The first kappa shape index (κ1) is 17.0. The van der Waals surface area contributed by atoms with Crippen molar-refractivity contribution in [2.75, 3.05) is 41.4 Å². The van der Waals surface area contributed by atoms with E-state index in [1.54, 1.807) is 18.9 Å². The Morgan fingerprint density at radius 3 is 2.83 bits per heavy atom. The Kier molecular flexibility index (Phi) is 5.52. The number of nitrogens with zero attached hydrogens (tertiary/aromatic N) is 3. The summed E-state index contributed by atoms with van der Waals surface area (Å²) in [6, 6.07) is 8.03. The van der Waals surface area contributed by atoms with Crippen LogP contribution in [0.4, 0.5) is 17.3 Å². The molecule has 2 aromatic rings. The fourth-order valence-corrected chi connectivity index (χ4v) is 3.53. The zero-order chi connectivity index (χ0) is 16.9. The van der Waals surface area contributed by atoms with E-state index in [0.717, 1.165) is 36.0 Å². The lowest BCUT2D eigenvalue weighted by Gasteiger charge is -2.17. The van der Waals surface area contributed by atoms with Crippen LogP contribution < -0.4 is 20.7 Å². The molecule has 3 N–H and O–H groups in total. The van der Waals surface area contributed by atoms with Crippen molar-refractivity contribution >= 4 is 40.7 Å². The zero-order valence-corrected chi connectivity index (χ0v) is 15.0. The fourth-order valence-electron chi connectivity index (χ4n) is 2.46. The van der Waals surface area contributed by atoms with E-state index in [4.69, 9.17) is 22.1 Å². The van der Waals surface area contributed by atoms with Gasteiger partial charge >= 0.3 is 0 Å². The number of benzene rings is 1. The van der Waals surface area contributed by atoms with Crippen LogP contribution in [0.25, 0.3) is 0 Å². The second-order valence-corrected chi connectivity index (χ2v) is 6.80. The molecule has 3 rings (SSSR count). The summed E-state index contributed by atoms with van der Waals surface area (Å²) in [4.78, 5) is 11.2. The third-order valence-corrected chi connectivity index (χ3v) is 4.89. The molecule has 0 unspecified atom stereocenters. The summed E-state index contributed by atoms with van der Waals surface area (Å²) in [5, 5.41) is 3.97. The highest BCUT2D eigenvalue weighted by Gasteiger charge is 2.24. The first-order valence-corrected chi connectivity index (χ1v) is 9.21. The first-order valence-electron chi connectivity index (χ1n) is 7.69. The monoisotopic (exact) mass is 365 g/mol. The van der Waals surface area contributed by atoms with Crippen molar-refractivity contribution in [2.45, 2.75) is 18.1 Å². The number of anilines is 3. The van der Waals surface area contributed by atoms with Crippen molar-refractivity contribution in [3.8, 4) is 5.75 Å². The Balaban J connectivity index is 1.76. The topological polar surface area (TPSA) is 76.3 Å². The molecular weight excluding hydrogens is 346 g/mol. The number of aromatic nitrogens is 2. The number of thioether (sulfide) groups is 1. The predicted molar refractivity (Wildman–Crippen MR) is 100 cm³/mol. The molecule has 8 heteroatoms. The quantitative estimate of drug-likeness (QED) is 0.337. The summed E-state index contributed by atoms with van der Waals surface area (Å²) < 4.78 is 5.20. The smallest absolute Gasteiger partial charge is 0.191 e. The largest absolute Gasteiger partial charge is 0.497 e. The van der Waals surface area contributed by atoms with Gasteiger partial charge in [0.1, 0.15) is 11.4 Å². The Bertz CT molecular complexity index is 698. The summed E-state index contributed by atoms with van der Waals surface area (Å²) in [5.41, 5.74) is 8.06. The third-order valence-electron chi connectivity index (χ3n) is 3.69. The Labute approximate surface area is 150 Å². The first-order chi connectivity index (χ1) is 11.7. The molecule has 0 bridgehead atoms. The Morgan fingerprint density at radius 1 is 1.33 bits per heavy atom. The van der Waals surface area contributed by atoms with E-state index >= 15 is 0 Å². The SMILES string of the molecule is COc1ccc(CN2CNc3c(N)nc(SCCCCl)nc32)cc1. The number of hydrogen-bond donors (Lipinski definition) is 2. The number of rotatable bonds is 7. The minimum absolute atomic E-state index is 0.491. The highest BCUT2D eigenvalue weighted by atomic mass is 35.5. The molecule has 0 aliphatic carbocycles. The predicted octanol–water partition coefficient (Wildman–Crippen LogP) is 3.18. The average Bonchev–Trinajstić information content (AvgIpc) is 2.99. The number of methoxy groups -OCH3 is 1. The minimum atomic E-state index is 0.491. The number of ether oxygens (including phenoxy) is 1. The van der Waals surface area contributed by atoms with Crippen molar-refractivity contribution in [1.82, 2.24) is 9.97 Å². The van der Waals surface area contributed by atoms with Crippen LogP contribution in [0.1, 0.15) is 12.0 Å². The van der Waals surface area contributed by atoms with E-state index in [2.05, 4.69) is 32.3 Å². The Hall–Kier alpha value is -1.86. The molecule has 128 valence electrons. The zero-order valence-electron chi connectivity index (χ0n) is 13.5. The van der Waals surface area contributed by atoms with Crippen LogP contribution in [0.5, 0.6) is 5.75 Å². The molecule has 1 aliphatic heterocycles. The maximum absolute atomic E-state index is 6.07. The van der Waals surface area contributed by atoms with Gasteiger partial charge in [-0.1, -0.05) is 23.9 Å². The number of fused-ring (bicyclic) bond motifs is 1. The van der Waals surface area contributed by atoms with Gasteiger partial charge in [0, 0.05) is 18.2 Å². The lowest BCUT2D eigenvalue weighted by Crippen LogP contribution is -2.22. The molecule has 24 heavy (non-hydrogen) atoms. The van der Waals surface area contributed by atoms with Gasteiger partial charge in [0.25, 0.3) is 0 Å². The maximum Gasteiger partial charge on any atom is 0.191 e. The summed E-state index contributed by atoms with van der Waals surface area (Å²) in [6.07, 6.45) is 0.917. The summed E-state index contributed by atoms with van der Waals surface area (Å²) >= 11 is 7.30. The summed E-state index contributed by atoms with van der Waals surface area (Å²) in [6.45, 7) is 1.41. The van der Waals surface area contributed by atoms with Crippen LogP contribution in [0.15, 0.2) is 29.4 Å². The Morgan fingerprint density at radius 2 is 2.12 bits per heavy atom. The van der Waals surface area contributed by atoms with Gasteiger partial charge in [0.2, 0.25) is 0 Å². The van der Waals surface area contributed by atoms with Crippen LogP contribution in [0.2, 0.25) is 0 Å². The van der Waals surface area contributed by atoms with Crippen LogP contribution in [-0.2, 0) is 6.54 Å². The molecule has 1 aromatic carbocycles. The number of halogens is 1. The maximum atomic E-state index is 6.07. The van der Waals surface area contributed by atoms with Crippen molar-refractivity contribution in [1.29, 1.82) is 0 Å². The van der Waals surface area contributed by atoms with E-state index in [9.17, 15) is 0 Å². The van der Waals surface area contributed by atoms with Crippen molar-refractivity contribution in [2.24, 2.45) is 0 Å². The molecular formula is C16H20ClN5OS. The van der Waals surface area contributed by atoms with E-state index in [1.165, 1.54) is 5.56 Å². The average molecular weight is 366 g/mol. The van der Waals surface area contributed by atoms with Crippen molar-refractivity contribution < 1.29 is 4.74 Å². The molecule has 1 aliphatic rings. The lowest BCUT2D eigenvalue weighted by molar-refractivity contribution is 0.414. The van der Waals surface area contributed by atoms with Gasteiger partial charge in [-0.25, -0.2) is 9.97 Å². The molecule has 0 spiro atoms. The standard InChI is InChI=1S/C16H20ClN5OS/c1-23-12-5-3-11(4-6-12)9-22-10-19-13-14(18)20-16(21-15(13)22)24-8-2-7-17/h3-6,19H,2,7-10H2,1H3,(H2,18,20,21). The number of alkyl halides is 1. The number of nitrogens with one attached hydrogen (secondary N) is 1. The molecule has 0 saturated heterocycles. The van der Waals surface area contributed by atoms with Crippen molar-refractivity contribution in [3.05, 3.63) is 29.8 Å². The van der Waals surface area contributed by atoms with Crippen LogP contribution in [-0.4, -0.2) is 35.4 Å². The number of nitrogens with two attached hydrogens (primary N) is 1. The number of hydrogen-bond acceptors (Lipinski definition) is 7. The van der Waals surface area contributed by atoms with Gasteiger partial charge in [-0.05, 0) is 24.1 Å². The fraction of sp³-hybridized carbons (Fsp3) is 0.375. The van der Waals surface area contributed by atoms with Gasteiger partial charge in [0.15, 0.2) is 16.8 Å². The van der Waals surface area contributed by atoms with Crippen LogP contribution in [0.3, 0.4) is 0 Å². The van der Waals surface area contributed by atoms with Crippen LogP contribution in [0, 0.1) is 0 Å².